The van der Waals surface area contributed by atoms with Crippen LogP contribution in [0.2, 0.25) is 0 Å². The molecule has 106 valence electrons. The van der Waals surface area contributed by atoms with Crippen LogP contribution in [0.25, 0.3) is 0 Å². The lowest BCUT2D eigenvalue weighted by Gasteiger charge is -2.19. The van der Waals surface area contributed by atoms with E-state index in [-0.39, 0.29) is 11.9 Å². The summed E-state index contributed by atoms with van der Waals surface area (Å²) in [6, 6.07) is 16.9. The fraction of sp³-hybridized carbons (Fsp3) is 0.118. The van der Waals surface area contributed by atoms with Crippen molar-refractivity contribution in [2.75, 3.05) is 0 Å². The molecule has 0 amide bonds. The summed E-state index contributed by atoms with van der Waals surface area (Å²) >= 11 is 1.62. The molecule has 3 aromatic rings. The Kier molecular flexibility index (Phi) is 4.38. The molecule has 0 bridgehead atoms. The number of nitrogens with one attached hydrogen (secondary N) is 1. The molecule has 2 nitrogen and oxygen atoms in total. The molecule has 0 saturated heterocycles. The lowest BCUT2D eigenvalue weighted by atomic mass is 9.98. The average Bonchev–Trinajstić information content (AvgIpc) is 3.04. The Labute approximate surface area is 127 Å². The molecule has 1 N–H and O–H groups in total. The van der Waals surface area contributed by atoms with Gasteiger partial charge in [-0.2, -0.15) is 0 Å². The normalized spacial score (nSPS) is 12.2. The van der Waals surface area contributed by atoms with Crippen LogP contribution in [-0.2, 0) is 6.54 Å². The number of aromatic nitrogens is 1. The Balaban J connectivity index is 1.85. The second kappa shape index (κ2) is 6.61. The minimum Gasteiger partial charge on any atom is -0.301 e. The van der Waals surface area contributed by atoms with E-state index in [1.807, 2.05) is 42.0 Å². The summed E-state index contributed by atoms with van der Waals surface area (Å²) in [5.41, 5.74) is 4.03. The van der Waals surface area contributed by atoms with Gasteiger partial charge in [0.2, 0.25) is 0 Å². The maximum Gasteiger partial charge on any atom is 0.123 e. The third kappa shape index (κ3) is 3.54. The van der Waals surface area contributed by atoms with Crippen molar-refractivity contribution in [3.8, 4) is 0 Å². The van der Waals surface area contributed by atoms with Gasteiger partial charge in [-0.05, 0) is 23.3 Å². The Morgan fingerprint density at radius 3 is 2.38 bits per heavy atom. The first-order valence-electron chi connectivity index (χ1n) is 6.74. The molecular weight excluding hydrogens is 283 g/mol. The van der Waals surface area contributed by atoms with Gasteiger partial charge in [0.05, 0.1) is 11.6 Å². The Morgan fingerprint density at radius 1 is 1.00 bits per heavy atom. The molecular formula is C17H15FN2S. The van der Waals surface area contributed by atoms with Crippen molar-refractivity contribution in [1.29, 1.82) is 0 Å². The molecule has 1 heterocycles. The third-order valence-corrected chi connectivity index (χ3v) is 4.08. The molecule has 1 atom stereocenters. The van der Waals surface area contributed by atoms with E-state index in [0.29, 0.717) is 0 Å². The Bertz CT molecular complexity index is 666. The SMILES string of the molecule is Fc1ccc(C(NCc2cncs2)c2ccccc2)cc1. The first kappa shape index (κ1) is 13.9. The summed E-state index contributed by atoms with van der Waals surface area (Å²) in [5, 5.41) is 3.52. The highest BCUT2D eigenvalue weighted by Gasteiger charge is 2.13. The zero-order valence-electron chi connectivity index (χ0n) is 11.4. The number of benzene rings is 2. The van der Waals surface area contributed by atoms with Crippen LogP contribution >= 0.6 is 11.3 Å². The van der Waals surface area contributed by atoms with Crippen LogP contribution in [0.5, 0.6) is 0 Å². The van der Waals surface area contributed by atoms with Gasteiger partial charge in [-0.25, -0.2) is 4.39 Å². The first-order chi connectivity index (χ1) is 10.3. The Hall–Kier alpha value is -2.04. The second-order valence-corrected chi connectivity index (χ2v) is 5.71. The molecule has 0 aliphatic carbocycles. The van der Waals surface area contributed by atoms with E-state index in [0.717, 1.165) is 17.7 Å². The lowest BCUT2D eigenvalue weighted by molar-refractivity contribution is 0.601. The topological polar surface area (TPSA) is 24.9 Å². The standard InChI is InChI=1S/C17H15FN2S/c18-15-8-6-14(7-9-15)17(13-4-2-1-3-5-13)20-11-16-10-19-12-21-16/h1-10,12,17,20H,11H2. The van der Waals surface area contributed by atoms with Crippen molar-refractivity contribution in [3.63, 3.8) is 0 Å². The molecule has 0 saturated carbocycles. The number of thiazole rings is 1. The van der Waals surface area contributed by atoms with Gasteiger partial charge in [-0.15, -0.1) is 11.3 Å². The van der Waals surface area contributed by atoms with Crippen LogP contribution in [0.15, 0.2) is 66.3 Å². The number of nitrogens with zero attached hydrogens (tertiary/aromatic N) is 1. The van der Waals surface area contributed by atoms with Crippen LogP contribution in [0, 0.1) is 5.82 Å². The number of hydrogen-bond donors (Lipinski definition) is 1. The molecule has 3 rings (SSSR count). The van der Waals surface area contributed by atoms with Gasteiger partial charge in [0, 0.05) is 17.6 Å². The van der Waals surface area contributed by atoms with E-state index >= 15 is 0 Å². The third-order valence-electron chi connectivity index (χ3n) is 3.30. The lowest BCUT2D eigenvalue weighted by Crippen LogP contribution is -2.21. The fourth-order valence-electron chi connectivity index (χ4n) is 2.26. The van der Waals surface area contributed by atoms with Crippen LogP contribution in [0.1, 0.15) is 22.0 Å². The van der Waals surface area contributed by atoms with E-state index in [4.69, 9.17) is 0 Å². The minimum atomic E-state index is -0.215. The monoisotopic (exact) mass is 298 g/mol. The predicted octanol–water partition coefficient (Wildman–Crippen LogP) is 4.16. The molecule has 2 aromatic carbocycles. The molecule has 0 fully saturated rings. The molecule has 0 radical (unpaired) electrons. The van der Waals surface area contributed by atoms with E-state index in [9.17, 15) is 4.39 Å². The summed E-state index contributed by atoms with van der Waals surface area (Å²) in [6.45, 7) is 0.738. The summed E-state index contributed by atoms with van der Waals surface area (Å²) < 4.78 is 13.1. The quantitative estimate of drug-likeness (QED) is 0.765. The van der Waals surface area contributed by atoms with Crippen molar-refractivity contribution in [2.24, 2.45) is 0 Å². The molecule has 0 aliphatic rings. The van der Waals surface area contributed by atoms with E-state index in [1.165, 1.54) is 17.0 Å². The van der Waals surface area contributed by atoms with Gasteiger partial charge in [0.1, 0.15) is 5.82 Å². The summed E-state index contributed by atoms with van der Waals surface area (Å²) in [7, 11) is 0. The molecule has 0 spiro atoms. The molecule has 0 aliphatic heterocycles. The Morgan fingerprint density at radius 2 is 1.71 bits per heavy atom. The van der Waals surface area contributed by atoms with Gasteiger partial charge in [-0.1, -0.05) is 42.5 Å². The highest BCUT2D eigenvalue weighted by Crippen LogP contribution is 2.23. The molecule has 1 unspecified atom stereocenters. The number of halogens is 1. The number of rotatable bonds is 5. The smallest absolute Gasteiger partial charge is 0.123 e. The van der Waals surface area contributed by atoms with Gasteiger partial charge < -0.3 is 5.32 Å². The van der Waals surface area contributed by atoms with Gasteiger partial charge >= 0.3 is 0 Å². The van der Waals surface area contributed by atoms with Gasteiger partial charge in [0.15, 0.2) is 0 Å². The first-order valence-corrected chi connectivity index (χ1v) is 7.62. The van der Waals surface area contributed by atoms with Crippen molar-refractivity contribution in [3.05, 3.63) is 88.1 Å². The van der Waals surface area contributed by atoms with E-state index in [2.05, 4.69) is 22.4 Å². The van der Waals surface area contributed by atoms with Crippen molar-refractivity contribution < 1.29 is 4.39 Å². The maximum atomic E-state index is 13.1. The van der Waals surface area contributed by atoms with Crippen molar-refractivity contribution in [2.45, 2.75) is 12.6 Å². The average molecular weight is 298 g/mol. The maximum absolute atomic E-state index is 13.1. The molecule has 4 heteroatoms. The van der Waals surface area contributed by atoms with Crippen LogP contribution in [0.3, 0.4) is 0 Å². The van der Waals surface area contributed by atoms with Crippen LogP contribution < -0.4 is 5.32 Å². The highest BCUT2D eigenvalue weighted by molar-refractivity contribution is 7.09. The van der Waals surface area contributed by atoms with Crippen molar-refractivity contribution >= 4 is 11.3 Å². The summed E-state index contributed by atoms with van der Waals surface area (Å²) in [4.78, 5) is 5.26. The highest BCUT2D eigenvalue weighted by atomic mass is 32.1. The predicted molar refractivity (Wildman–Crippen MR) is 83.6 cm³/mol. The molecule has 1 aromatic heterocycles. The summed E-state index contributed by atoms with van der Waals surface area (Å²) in [5.74, 6) is -0.215. The van der Waals surface area contributed by atoms with E-state index in [1.54, 1.807) is 11.3 Å². The zero-order chi connectivity index (χ0) is 14.5. The van der Waals surface area contributed by atoms with Crippen LogP contribution in [0.4, 0.5) is 4.39 Å². The van der Waals surface area contributed by atoms with Gasteiger partial charge in [0.25, 0.3) is 0 Å². The van der Waals surface area contributed by atoms with E-state index < -0.39 is 0 Å². The zero-order valence-corrected chi connectivity index (χ0v) is 12.2. The van der Waals surface area contributed by atoms with Crippen LogP contribution in [-0.4, -0.2) is 4.98 Å². The molecule has 21 heavy (non-hydrogen) atoms. The minimum absolute atomic E-state index is 0.0360. The second-order valence-electron chi connectivity index (χ2n) is 4.74. The fourth-order valence-corrected chi connectivity index (χ4v) is 2.81. The largest absolute Gasteiger partial charge is 0.301 e. The van der Waals surface area contributed by atoms with Gasteiger partial charge in [-0.3, -0.25) is 4.98 Å². The van der Waals surface area contributed by atoms with Crippen molar-refractivity contribution in [1.82, 2.24) is 10.3 Å². The number of hydrogen-bond acceptors (Lipinski definition) is 3. The summed E-state index contributed by atoms with van der Waals surface area (Å²) in [6.07, 6.45) is 1.87.